The van der Waals surface area contributed by atoms with Crippen LogP contribution in [-0.2, 0) is 0 Å². The second-order valence-electron chi connectivity index (χ2n) is 10.1. The Balaban J connectivity index is 1.28. The van der Waals surface area contributed by atoms with Gasteiger partial charge in [-0.2, -0.15) is 0 Å². The molecule has 0 saturated carbocycles. The summed E-state index contributed by atoms with van der Waals surface area (Å²) in [5.74, 6) is 0. The van der Waals surface area contributed by atoms with Crippen LogP contribution in [0, 0.1) is 6.57 Å². The second-order valence-corrected chi connectivity index (χ2v) is 10.1. The van der Waals surface area contributed by atoms with Crippen LogP contribution >= 0.6 is 0 Å². The monoisotopic (exact) mass is 509 g/mol. The predicted octanol–water partition coefficient (Wildman–Crippen LogP) is 10.1. The Labute approximate surface area is 231 Å². The van der Waals surface area contributed by atoms with Crippen molar-refractivity contribution in [2.45, 2.75) is 0 Å². The number of rotatable bonds is 3. The fourth-order valence-electron chi connectivity index (χ4n) is 6.12. The highest BCUT2D eigenvalue weighted by Gasteiger charge is 2.15. The molecule has 0 atom stereocenters. The van der Waals surface area contributed by atoms with E-state index in [9.17, 15) is 0 Å². The molecule has 0 spiro atoms. The van der Waals surface area contributed by atoms with E-state index in [0.717, 1.165) is 27.8 Å². The minimum absolute atomic E-state index is 0.647. The number of para-hydroxylation sites is 3. The van der Waals surface area contributed by atoms with Gasteiger partial charge in [-0.25, -0.2) is 4.85 Å². The summed E-state index contributed by atoms with van der Waals surface area (Å²) in [6, 6.07) is 49.1. The number of hydrogen-bond acceptors (Lipinski definition) is 0. The van der Waals surface area contributed by atoms with Crippen molar-refractivity contribution in [1.82, 2.24) is 9.13 Å². The molecule has 0 saturated heterocycles. The van der Waals surface area contributed by atoms with Gasteiger partial charge in [0.25, 0.3) is 0 Å². The molecule has 6 aromatic carbocycles. The average molecular weight is 510 g/mol. The lowest BCUT2D eigenvalue weighted by Crippen LogP contribution is -1.94. The van der Waals surface area contributed by atoms with Crippen LogP contribution in [0.15, 0.2) is 140 Å². The van der Waals surface area contributed by atoms with Crippen LogP contribution in [-0.4, -0.2) is 9.13 Å². The first kappa shape index (κ1) is 22.4. The Kier molecular flexibility index (Phi) is 4.89. The number of fused-ring (bicyclic) bond motifs is 6. The van der Waals surface area contributed by atoms with Crippen molar-refractivity contribution in [3.8, 4) is 22.5 Å². The molecular weight excluding hydrogens is 486 g/mol. The van der Waals surface area contributed by atoms with Gasteiger partial charge in [0.15, 0.2) is 5.69 Å². The van der Waals surface area contributed by atoms with E-state index in [1.807, 2.05) is 18.2 Å². The van der Waals surface area contributed by atoms with Gasteiger partial charge >= 0.3 is 0 Å². The van der Waals surface area contributed by atoms with E-state index in [1.54, 1.807) is 0 Å². The molecule has 0 aliphatic rings. The molecule has 8 rings (SSSR count). The van der Waals surface area contributed by atoms with E-state index < -0.39 is 0 Å². The van der Waals surface area contributed by atoms with E-state index >= 15 is 0 Å². The van der Waals surface area contributed by atoms with Crippen molar-refractivity contribution in [3.63, 3.8) is 0 Å². The third-order valence-corrected chi connectivity index (χ3v) is 7.93. The number of aromatic nitrogens is 2. The molecule has 3 nitrogen and oxygen atoms in total. The third kappa shape index (κ3) is 3.30. The fraction of sp³-hybridized carbons (Fsp3) is 0. The lowest BCUT2D eigenvalue weighted by Gasteiger charge is -2.10. The summed E-state index contributed by atoms with van der Waals surface area (Å²) in [4.78, 5) is 3.69. The molecule has 0 bridgehead atoms. The quantitative estimate of drug-likeness (QED) is 0.210. The van der Waals surface area contributed by atoms with Crippen LogP contribution in [0.25, 0.3) is 71.0 Å². The highest BCUT2D eigenvalue weighted by molar-refractivity contribution is 6.11. The highest BCUT2D eigenvalue weighted by Crippen LogP contribution is 2.37. The Morgan fingerprint density at radius 2 is 0.950 bits per heavy atom. The summed E-state index contributed by atoms with van der Waals surface area (Å²) in [7, 11) is 0. The van der Waals surface area contributed by atoms with Gasteiger partial charge in [-0.05, 0) is 65.7 Å². The Morgan fingerprint density at radius 3 is 1.65 bits per heavy atom. The van der Waals surface area contributed by atoms with Gasteiger partial charge in [0, 0.05) is 38.4 Å². The second kappa shape index (κ2) is 8.73. The van der Waals surface area contributed by atoms with Gasteiger partial charge in [0.05, 0.1) is 23.1 Å². The van der Waals surface area contributed by atoms with E-state index in [0.29, 0.717) is 5.69 Å². The van der Waals surface area contributed by atoms with E-state index in [4.69, 9.17) is 6.57 Å². The van der Waals surface area contributed by atoms with Gasteiger partial charge in [0.2, 0.25) is 0 Å². The summed E-state index contributed by atoms with van der Waals surface area (Å²) in [6.45, 7) is 7.55. The fourth-order valence-corrected chi connectivity index (χ4v) is 6.12. The first-order valence-corrected chi connectivity index (χ1v) is 13.4. The molecule has 186 valence electrons. The van der Waals surface area contributed by atoms with Crippen molar-refractivity contribution in [2.75, 3.05) is 0 Å². The molecule has 0 aliphatic heterocycles. The molecule has 0 radical (unpaired) electrons. The molecule has 8 aromatic rings. The molecule has 0 fully saturated rings. The normalized spacial score (nSPS) is 11.5. The molecule has 40 heavy (non-hydrogen) atoms. The minimum Gasteiger partial charge on any atom is -0.311 e. The van der Waals surface area contributed by atoms with Crippen LogP contribution in [0.3, 0.4) is 0 Å². The highest BCUT2D eigenvalue weighted by atomic mass is 15.0. The maximum Gasteiger partial charge on any atom is 0.189 e. The van der Waals surface area contributed by atoms with Gasteiger partial charge in [-0.3, -0.25) is 0 Å². The van der Waals surface area contributed by atoms with Crippen LogP contribution in [0.1, 0.15) is 0 Å². The summed E-state index contributed by atoms with van der Waals surface area (Å²) in [6.07, 6.45) is 0. The van der Waals surface area contributed by atoms with Crippen molar-refractivity contribution in [2.24, 2.45) is 0 Å². The lowest BCUT2D eigenvalue weighted by molar-refractivity contribution is 1.18. The summed E-state index contributed by atoms with van der Waals surface area (Å²) in [5, 5.41) is 4.86. The zero-order valence-electron chi connectivity index (χ0n) is 21.6. The summed E-state index contributed by atoms with van der Waals surface area (Å²) < 4.78 is 4.61. The smallest absolute Gasteiger partial charge is 0.189 e. The third-order valence-electron chi connectivity index (χ3n) is 7.93. The Morgan fingerprint density at radius 1 is 0.400 bits per heavy atom. The molecule has 0 amide bonds. The van der Waals surface area contributed by atoms with Crippen LogP contribution in [0.2, 0.25) is 0 Å². The average Bonchev–Trinajstić information content (AvgIpc) is 3.53. The SMILES string of the molecule is [C-]#[N+]c1ccc2c3cc(-c4ccc(-n5c6ccccc6c6ccccc65)cc4)ccc3n(-c3ccccc3)c2c1. The van der Waals surface area contributed by atoms with Crippen molar-refractivity contribution < 1.29 is 0 Å². The first-order valence-electron chi connectivity index (χ1n) is 13.4. The van der Waals surface area contributed by atoms with Crippen LogP contribution < -0.4 is 0 Å². The van der Waals surface area contributed by atoms with Crippen LogP contribution in [0.4, 0.5) is 5.69 Å². The molecular formula is C37H23N3. The van der Waals surface area contributed by atoms with Crippen LogP contribution in [0.5, 0.6) is 0 Å². The maximum atomic E-state index is 7.55. The van der Waals surface area contributed by atoms with Crippen molar-refractivity contribution >= 4 is 49.3 Å². The zero-order chi connectivity index (χ0) is 26.6. The van der Waals surface area contributed by atoms with Gasteiger partial charge in [0.1, 0.15) is 0 Å². The number of hydrogen-bond donors (Lipinski definition) is 0. The lowest BCUT2D eigenvalue weighted by atomic mass is 10.0. The molecule has 0 N–H and O–H groups in total. The molecule has 0 unspecified atom stereocenters. The van der Waals surface area contributed by atoms with E-state index in [1.165, 1.54) is 38.3 Å². The zero-order valence-corrected chi connectivity index (χ0v) is 21.6. The standard InChI is InChI=1S/C37H23N3/c1-38-27-18-21-32-33-23-26(17-22-36(33)40(37(32)24-27)28-9-3-2-4-10-28)25-15-19-29(20-16-25)39-34-13-7-5-11-30(34)31-12-6-8-14-35(31)39/h2-24H. The first-order chi connectivity index (χ1) is 19.8. The Hall–Kier alpha value is -5.59. The Bertz CT molecular complexity index is 2210. The maximum absolute atomic E-state index is 7.55. The largest absolute Gasteiger partial charge is 0.311 e. The molecule has 3 heteroatoms. The molecule has 2 aromatic heterocycles. The predicted molar refractivity (Wildman–Crippen MR) is 167 cm³/mol. The minimum atomic E-state index is 0.647. The van der Waals surface area contributed by atoms with Gasteiger partial charge < -0.3 is 9.13 Å². The molecule has 0 aliphatic carbocycles. The number of benzene rings is 6. The topological polar surface area (TPSA) is 14.2 Å². The summed E-state index contributed by atoms with van der Waals surface area (Å²) >= 11 is 0. The number of nitrogens with zero attached hydrogens (tertiary/aromatic N) is 3. The summed E-state index contributed by atoms with van der Waals surface area (Å²) in [5.41, 5.74) is 9.83. The van der Waals surface area contributed by atoms with E-state index in [-0.39, 0.29) is 0 Å². The van der Waals surface area contributed by atoms with Crippen molar-refractivity contribution in [3.05, 3.63) is 151 Å². The van der Waals surface area contributed by atoms with Gasteiger partial charge in [-0.1, -0.05) is 84.9 Å². The van der Waals surface area contributed by atoms with E-state index in [2.05, 4.69) is 135 Å². The van der Waals surface area contributed by atoms with Gasteiger partial charge in [-0.15, -0.1) is 0 Å². The molecule has 2 heterocycles. The van der Waals surface area contributed by atoms with Crippen molar-refractivity contribution in [1.29, 1.82) is 0 Å².